The lowest BCUT2D eigenvalue weighted by Crippen LogP contribution is -2.09. The predicted molar refractivity (Wildman–Crippen MR) is 90.6 cm³/mol. The number of rotatable bonds is 7. The highest BCUT2D eigenvalue weighted by molar-refractivity contribution is 5.90. The minimum atomic E-state index is 0.0280. The molecular formula is C18H22N2O2. The molecule has 2 aromatic carbocycles. The SMILES string of the molecule is CCC(=O)Nc1ccc(NCCc2ccc(OC)cc2)cc1. The normalized spacial score (nSPS) is 10.1. The first kappa shape index (κ1) is 15.9. The van der Waals surface area contributed by atoms with E-state index >= 15 is 0 Å². The summed E-state index contributed by atoms with van der Waals surface area (Å²) < 4.78 is 5.14. The molecule has 0 heterocycles. The maximum Gasteiger partial charge on any atom is 0.224 e. The zero-order valence-electron chi connectivity index (χ0n) is 13.1. The molecule has 4 nitrogen and oxygen atoms in total. The Hall–Kier alpha value is -2.49. The van der Waals surface area contributed by atoms with Crippen LogP contribution in [0.1, 0.15) is 18.9 Å². The molecule has 0 aliphatic rings. The van der Waals surface area contributed by atoms with Crippen LogP contribution in [0.2, 0.25) is 0 Å². The van der Waals surface area contributed by atoms with Crippen molar-refractivity contribution in [2.24, 2.45) is 0 Å². The van der Waals surface area contributed by atoms with Crippen LogP contribution in [-0.2, 0) is 11.2 Å². The van der Waals surface area contributed by atoms with Crippen LogP contribution in [0.25, 0.3) is 0 Å². The van der Waals surface area contributed by atoms with Gasteiger partial charge in [0.1, 0.15) is 5.75 Å². The molecular weight excluding hydrogens is 276 g/mol. The van der Waals surface area contributed by atoms with E-state index in [1.807, 2.05) is 43.3 Å². The first-order valence-electron chi connectivity index (χ1n) is 7.48. The molecule has 2 rings (SSSR count). The van der Waals surface area contributed by atoms with Gasteiger partial charge in [-0.1, -0.05) is 19.1 Å². The van der Waals surface area contributed by atoms with Crippen molar-refractivity contribution >= 4 is 17.3 Å². The molecule has 0 fully saturated rings. The van der Waals surface area contributed by atoms with E-state index in [0.717, 1.165) is 30.1 Å². The number of anilines is 2. The highest BCUT2D eigenvalue weighted by Crippen LogP contribution is 2.15. The Bertz CT molecular complexity index is 591. The van der Waals surface area contributed by atoms with Gasteiger partial charge in [0.15, 0.2) is 0 Å². The third-order valence-electron chi connectivity index (χ3n) is 3.39. The zero-order chi connectivity index (χ0) is 15.8. The average molecular weight is 298 g/mol. The number of hydrogen-bond acceptors (Lipinski definition) is 3. The summed E-state index contributed by atoms with van der Waals surface area (Å²) in [5.41, 5.74) is 3.13. The van der Waals surface area contributed by atoms with E-state index in [1.165, 1.54) is 5.56 Å². The largest absolute Gasteiger partial charge is 0.497 e. The zero-order valence-corrected chi connectivity index (χ0v) is 13.1. The van der Waals surface area contributed by atoms with E-state index in [1.54, 1.807) is 7.11 Å². The van der Waals surface area contributed by atoms with Gasteiger partial charge in [-0.25, -0.2) is 0 Å². The number of hydrogen-bond donors (Lipinski definition) is 2. The van der Waals surface area contributed by atoms with Gasteiger partial charge >= 0.3 is 0 Å². The Morgan fingerprint density at radius 1 is 1.00 bits per heavy atom. The summed E-state index contributed by atoms with van der Waals surface area (Å²) in [6.07, 6.45) is 1.43. The van der Waals surface area contributed by atoms with E-state index in [-0.39, 0.29) is 5.91 Å². The molecule has 2 N–H and O–H groups in total. The molecule has 0 saturated carbocycles. The second kappa shape index (κ2) is 8.08. The smallest absolute Gasteiger partial charge is 0.224 e. The summed E-state index contributed by atoms with van der Waals surface area (Å²) in [5, 5.41) is 6.21. The van der Waals surface area contributed by atoms with Crippen molar-refractivity contribution in [2.75, 3.05) is 24.3 Å². The fraction of sp³-hybridized carbons (Fsp3) is 0.278. The molecule has 0 aliphatic carbocycles. The van der Waals surface area contributed by atoms with Gasteiger partial charge in [-0.2, -0.15) is 0 Å². The number of ether oxygens (including phenoxy) is 1. The van der Waals surface area contributed by atoms with Gasteiger partial charge in [0.2, 0.25) is 5.91 Å². The summed E-state index contributed by atoms with van der Waals surface area (Å²) >= 11 is 0. The van der Waals surface area contributed by atoms with Gasteiger partial charge < -0.3 is 15.4 Å². The lowest BCUT2D eigenvalue weighted by Gasteiger charge is -2.09. The van der Waals surface area contributed by atoms with Crippen LogP contribution in [0.15, 0.2) is 48.5 Å². The number of carbonyl (C=O) groups excluding carboxylic acids is 1. The van der Waals surface area contributed by atoms with Crippen molar-refractivity contribution in [1.82, 2.24) is 0 Å². The number of methoxy groups -OCH3 is 1. The standard InChI is InChI=1S/C18H22N2O2/c1-3-18(21)20-16-8-6-15(7-9-16)19-13-12-14-4-10-17(22-2)11-5-14/h4-11,19H,3,12-13H2,1-2H3,(H,20,21). The van der Waals surface area contributed by atoms with Gasteiger partial charge in [0, 0.05) is 24.3 Å². The summed E-state index contributed by atoms with van der Waals surface area (Å²) in [6, 6.07) is 15.8. The number of amides is 1. The molecule has 0 bridgehead atoms. The van der Waals surface area contributed by atoms with Gasteiger partial charge in [0.05, 0.1) is 7.11 Å². The van der Waals surface area contributed by atoms with Gasteiger partial charge in [-0.15, -0.1) is 0 Å². The Morgan fingerprint density at radius 2 is 1.64 bits per heavy atom. The Kier molecular flexibility index (Phi) is 5.83. The van der Waals surface area contributed by atoms with E-state index in [0.29, 0.717) is 6.42 Å². The minimum absolute atomic E-state index is 0.0280. The minimum Gasteiger partial charge on any atom is -0.497 e. The monoisotopic (exact) mass is 298 g/mol. The van der Waals surface area contributed by atoms with Crippen LogP contribution < -0.4 is 15.4 Å². The van der Waals surface area contributed by atoms with E-state index < -0.39 is 0 Å². The summed E-state index contributed by atoms with van der Waals surface area (Å²) in [4.78, 5) is 11.3. The molecule has 0 spiro atoms. The highest BCUT2D eigenvalue weighted by atomic mass is 16.5. The summed E-state index contributed by atoms with van der Waals surface area (Å²) in [5.74, 6) is 0.904. The maximum absolute atomic E-state index is 11.3. The summed E-state index contributed by atoms with van der Waals surface area (Å²) in [7, 11) is 1.67. The fourth-order valence-corrected chi connectivity index (χ4v) is 2.06. The molecule has 0 radical (unpaired) electrons. The lowest BCUT2D eigenvalue weighted by molar-refractivity contribution is -0.115. The van der Waals surface area contributed by atoms with E-state index in [9.17, 15) is 4.79 Å². The molecule has 0 atom stereocenters. The Labute approximate surface area is 131 Å². The van der Waals surface area contributed by atoms with Gasteiger partial charge in [-0.3, -0.25) is 4.79 Å². The van der Waals surface area contributed by atoms with Gasteiger partial charge in [0.25, 0.3) is 0 Å². The molecule has 1 amide bonds. The van der Waals surface area contributed by atoms with Crippen molar-refractivity contribution in [3.05, 3.63) is 54.1 Å². The van der Waals surface area contributed by atoms with E-state index in [4.69, 9.17) is 4.74 Å². The second-order valence-electron chi connectivity index (χ2n) is 5.00. The highest BCUT2D eigenvalue weighted by Gasteiger charge is 1.99. The predicted octanol–water partition coefficient (Wildman–Crippen LogP) is 3.70. The Morgan fingerprint density at radius 3 is 2.23 bits per heavy atom. The first-order valence-corrected chi connectivity index (χ1v) is 7.48. The van der Waals surface area contributed by atoms with E-state index in [2.05, 4.69) is 22.8 Å². The van der Waals surface area contributed by atoms with Crippen molar-refractivity contribution in [2.45, 2.75) is 19.8 Å². The maximum atomic E-state index is 11.3. The number of nitrogens with one attached hydrogen (secondary N) is 2. The van der Waals surface area contributed by atoms with Crippen LogP contribution in [-0.4, -0.2) is 19.6 Å². The molecule has 22 heavy (non-hydrogen) atoms. The third kappa shape index (κ3) is 4.81. The molecule has 0 unspecified atom stereocenters. The van der Waals surface area contributed by atoms with Crippen LogP contribution in [0.4, 0.5) is 11.4 Å². The number of benzene rings is 2. The van der Waals surface area contributed by atoms with Crippen LogP contribution in [0.5, 0.6) is 5.75 Å². The third-order valence-corrected chi connectivity index (χ3v) is 3.39. The molecule has 0 saturated heterocycles. The van der Waals surface area contributed by atoms with Crippen molar-refractivity contribution in [1.29, 1.82) is 0 Å². The van der Waals surface area contributed by atoms with Crippen molar-refractivity contribution in [3.63, 3.8) is 0 Å². The lowest BCUT2D eigenvalue weighted by atomic mass is 10.1. The molecule has 116 valence electrons. The number of carbonyl (C=O) groups is 1. The second-order valence-corrected chi connectivity index (χ2v) is 5.00. The average Bonchev–Trinajstić information content (AvgIpc) is 2.57. The van der Waals surface area contributed by atoms with Crippen molar-refractivity contribution < 1.29 is 9.53 Å². The van der Waals surface area contributed by atoms with Crippen LogP contribution in [0, 0.1) is 0 Å². The Balaban J connectivity index is 1.80. The van der Waals surface area contributed by atoms with Crippen LogP contribution in [0.3, 0.4) is 0 Å². The van der Waals surface area contributed by atoms with Gasteiger partial charge in [-0.05, 0) is 48.4 Å². The summed E-state index contributed by atoms with van der Waals surface area (Å²) in [6.45, 7) is 2.69. The molecule has 0 aliphatic heterocycles. The van der Waals surface area contributed by atoms with Crippen molar-refractivity contribution in [3.8, 4) is 5.75 Å². The fourth-order valence-electron chi connectivity index (χ4n) is 2.06. The molecule has 4 heteroatoms. The molecule has 2 aromatic rings. The quantitative estimate of drug-likeness (QED) is 0.819. The topological polar surface area (TPSA) is 50.4 Å². The molecule has 0 aromatic heterocycles. The van der Waals surface area contributed by atoms with Crippen LogP contribution >= 0.6 is 0 Å². The first-order chi connectivity index (χ1) is 10.7.